The van der Waals surface area contributed by atoms with Gasteiger partial charge in [0.25, 0.3) is 11.8 Å². The average molecular weight is 992 g/mol. The van der Waals surface area contributed by atoms with E-state index in [2.05, 4.69) is 48.3 Å². The number of carbonyl (C=O) groups excluding carboxylic acids is 5. The molecule has 3 saturated heterocycles. The molecule has 0 aliphatic carbocycles. The summed E-state index contributed by atoms with van der Waals surface area (Å²) in [4.78, 5) is 74.0. The van der Waals surface area contributed by atoms with Crippen LogP contribution in [0.25, 0.3) is 10.9 Å². The summed E-state index contributed by atoms with van der Waals surface area (Å²) in [5, 5.41) is 19.5. The molecule has 3 aromatic carbocycles. The van der Waals surface area contributed by atoms with E-state index in [0.717, 1.165) is 24.5 Å². The molecule has 7 heterocycles. The summed E-state index contributed by atoms with van der Waals surface area (Å²) in [6.45, 7) is 7.29. The van der Waals surface area contributed by atoms with E-state index in [9.17, 15) is 37.1 Å². The van der Waals surface area contributed by atoms with Crippen molar-refractivity contribution >= 4 is 63.4 Å². The van der Waals surface area contributed by atoms with Gasteiger partial charge in [-0.3, -0.25) is 39.4 Å². The van der Waals surface area contributed by atoms with Crippen molar-refractivity contribution in [3.8, 4) is 11.8 Å². The number of carbonyl (C=O) groups is 5. The quantitative estimate of drug-likeness (QED) is 0.0621. The number of aromatic nitrogens is 3. The van der Waals surface area contributed by atoms with Crippen LogP contribution in [-0.2, 0) is 32.5 Å². The highest BCUT2D eigenvalue weighted by Gasteiger charge is 2.62. The lowest BCUT2D eigenvalue weighted by Gasteiger charge is -2.39. The topological polar surface area (TPSA) is 182 Å². The fourth-order valence-electron chi connectivity index (χ4n) is 11.4. The first-order valence-electron chi connectivity index (χ1n) is 23.7. The number of aromatic amines is 1. The van der Waals surface area contributed by atoms with Gasteiger partial charge in [0.05, 0.1) is 34.0 Å². The van der Waals surface area contributed by atoms with E-state index in [0.29, 0.717) is 64.8 Å². The minimum Gasteiger partial charge on any atom is -0.384 e. The normalized spacial score (nSPS) is 24.1. The van der Waals surface area contributed by atoms with Gasteiger partial charge in [-0.15, -0.1) is 0 Å². The van der Waals surface area contributed by atoms with Crippen LogP contribution in [-0.4, -0.2) is 92.3 Å². The van der Waals surface area contributed by atoms with E-state index in [4.69, 9.17) is 11.6 Å². The highest BCUT2D eigenvalue weighted by Crippen LogP contribution is 2.57. The summed E-state index contributed by atoms with van der Waals surface area (Å²) >= 11 is 6.39. The summed E-state index contributed by atoms with van der Waals surface area (Å²) in [6, 6.07) is 11.6. The lowest BCUT2D eigenvalue weighted by Crippen LogP contribution is -2.52. The van der Waals surface area contributed by atoms with Gasteiger partial charge in [0.2, 0.25) is 17.7 Å². The number of piperidine rings is 2. The molecular formula is C52H50ClF4N9O5. The Morgan fingerprint density at radius 2 is 1.83 bits per heavy atom. The third kappa shape index (κ3) is 8.66. The summed E-state index contributed by atoms with van der Waals surface area (Å²) < 4.78 is 58.2. The number of alkyl halides is 3. The van der Waals surface area contributed by atoms with Gasteiger partial charge in [-0.2, -0.15) is 18.3 Å². The van der Waals surface area contributed by atoms with Crippen molar-refractivity contribution in [3.63, 3.8) is 0 Å². The summed E-state index contributed by atoms with van der Waals surface area (Å²) in [6.07, 6.45) is 0.955. The molecule has 368 valence electrons. The molecule has 5 aromatic rings. The monoisotopic (exact) mass is 991 g/mol. The Hall–Kier alpha value is -6.84. The number of fused-ring (bicyclic) bond motifs is 4. The van der Waals surface area contributed by atoms with Gasteiger partial charge in [-0.25, -0.2) is 4.39 Å². The lowest BCUT2D eigenvalue weighted by molar-refractivity contribution is -0.141. The third-order valence-corrected chi connectivity index (χ3v) is 15.0. The Bertz CT molecular complexity index is 3110. The second kappa shape index (κ2) is 18.1. The van der Waals surface area contributed by atoms with E-state index in [1.165, 1.54) is 23.4 Å². The molecule has 1 spiro atoms. The molecule has 0 radical (unpaired) electrons. The van der Waals surface area contributed by atoms with Crippen LogP contribution in [0.15, 0.2) is 67.0 Å². The number of rotatable bonds is 7. The molecule has 5 amide bonds. The number of amides is 5. The van der Waals surface area contributed by atoms with E-state index in [1.807, 2.05) is 26.8 Å². The van der Waals surface area contributed by atoms with E-state index in [-0.39, 0.29) is 71.3 Å². The lowest BCUT2D eigenvalue weighted by atomic mass is 9.63. The molecule has 1 unspecified atom stereocenters. The van der Waals surface area contributed by atoms with Crippen molar-refractivity contribution in [3.05, 3.63) is 117 Å². The predicted molar refractivity (Wildman–Crippen MR) is 256 cm³/mol. The van der Waals surface area contributed by atoms with Crippen LogP contribution in [0.3, 0.4) is 0 Å². The van der Waals surface area contributed by atoms with Crippen LogP contribution >= 0.6 is 11.6 Å². The van der Waals surface area contributed by atoms with Crippen molar-refractivity contribution in [2.75, 3.05) is 30.3 Å². The molecular weight excluding hydrogens is 942 g/mol. The SMILES string of the molecule is CC(C)(C)C[C@@H]1N[C@@H](C(=O)Nc2ccc(C(=O)N3CCC[C@@H](CC#Cc4cccc5c4CN(C4CCC(=O)NC4=O)C5=O)C3)c3cn[nH]c23)[C@H](c2cccc(Cl)c2F)[C@]12CNc1cc(C(F)(F)F)ncc12. The average Bonchev–Trinajstić information content (AvgIpc) is 4.12. The van der Waals surface area contributed by atoms with Crippen LogP contribution in [0.4, 0.5) is 28.9 Å². The molecule has 5 N–H and O–H groups in total. The number of H-pyrrole nitrogens is 1. The highest BCUT2D eigenvalue weighted by molar-refractivity contribution is 6.30. The van der Waals surface area contributed by atoms with E-state index >= 15 is 4.39 Å². The van der Waals surface area contributed by atoms with E-state index in [1.54, 1.807) is 41.3 Å². The molecule has 6 atom stereocenters. The summed E-state index contributed by atoms with van der Waals surface area (Å²) in [7, 11) is 0. The Morgan fingerprint density at radius 1 is 1.03 bits per heavy atom. The second-order valence-electron chi connectivity index (χ2n) is 20.4. The first kappa shape index (κ1) is 47.8. The maximum absolute atomic E-state index is 16.4. The second-order valence-corrected chi connectivity index (χ2v) is 20.8. The van der Waals surface area contributed by atoms with Crippen molar-refractivity contribution in [1.82, 2.24) is 35.6 Å². The molecule has 0 saturated carbocycles. The van der Waals surface area contributed by atoms with Gasteiger partial charge >= 0.3 is 6.18 Å². The van der Waals surface area contributed by atoms with Gasteiger partial charge < -0.3 is 25.8 Å². The third-order valence-electron chi connectivity index (χ3n) is 14.7. The fourth-order valence-corrected chi connectivity index (χ4v) is 11.6. The van der Waals surface area contributed by atoms with Crippen LogP contribution in [0.2, 0.25) is 5.02 Å². The zero-order valence-corrected chi connectivity index (χ0v) is 39.8. The molecule has 5 aliphatic heterocycles. The maximum atomic E-state index is 16.4. The Labute approximate surface area is 411 Å². The first-order valence-corrected chi connectivity index (χ1v) is 24.0. The number of nitrogens with one attached hydrogen (secondary N) is 5. The molecule has 10 rings (SSSR count). The largest absolute Gasteiger partial charge is 0.433 e. The fraction of sp³-hybridized carbons (Fsp3) is 0.404. The van der Waals surface area contributed by atoms with Crippen LogP contribution in [0.1, 0.15) is 114 Å². The molecule has 5 aliphatic rings. The number of benzene rings is 3. The van der Waals surface area contributed by atoms with Gasteiger partial charge in [0.1, 0.15) is 17.6 Å². The smallest absolute Gasteiger partial charge is 0.384 e. The molecule has 0 bridgehead atoms. The number of nitrogens with zero attached hydrogens (tertiary/aromatic N) is 4. The summed E-state index contributed by atoms with van der Waals surface area (Å²) in [5.41, 5.74) is 1.12. The first-order chi connectivity index (χ1) is 33.8. The van der Waals surface area contributed by atoms with Gasteiger partial charge in [0.15, 0.2) is 0 Å². The molecule has 14 nitrogen and oxygen atoms in total. The van der Waals surface area contributed by atoms with Gasteiger partial charge in [-0.05, 0) is 84.5 Å². The number of pyridine rings is 1. The Kier molecular flexibility index (Phi) is 12.2. The standard InChI is InChI=1S/C52H50ClF4N9O5/c1-50(2,3)21-40-51(26-59-37-20-39(52(55,56)57)58-23-34(37)51)42(31-13-6-14-35(53)43(31)54)45(62-40)47(69)61-36-16-15-30(32-22-60-64-44(32)36)48(70)65-19-7-9-27(24-65)8-4-10-28-11-5-12-29-33(28)25-66(49(29)71)38-17-18-41(67)63-46(38)68/h5-6,11-16,20,22-23,27,38,40,42,45,59,62H,7-9,17-19,21,24-26H2,1-3H3,(H,60,64)(H,61,69)(H,63,67,68)/t27-,38?,40+,42+,45-,51+/m1/s1. The zero-order valence-electron chi connectivity index (χ0n) is 39.0. The number of hydrogen-bond donors (Lipinski definition) is 5. The zero-order chi connectivity index (χ0) is 50.1. The van der Waals surface area contributed by atoms with Crippen molar-refractivity contribution < 1.29 is 41.5 Å². The maximum Gasteiger partial charge on any atom is 0.433 e. The van der Waals surface area contributed by atoms with E-state index < -0.39 is 59.0 Å². The molecule has 3 fully saturated rings. The number of anilines is 2. The summed E-state index contributed by atoms with van der Waals surface area (Å²) in [5.74, 6) is 2.98. The molecule has 71 heavy (non-hydrogen) atoms. The molecule has 19 heteroatoms. The van der Waals surface area contributed by atoms with Crippen molar-refractivity contribution in [1.29, 1.82) is 0 Å². The van der Waals surface area contributed by atoms with Crippen LogP contribution in [0, 0.1) is 29.0 Å². The minimum absolute atomic E-state index is 0.0584. The number of halogens is 5. The Morgan fingerprint density at radius 3 is 2.61 bits per heavy atom. The minimum atomic E-state index is -4.71. The van der Waals surface area contributed by atoms with Crippen molar-refractivity contribution in [2.24, 2.45) is 11.3 Å². The van der Waals surface area contributed by atoms with Gasteiger partial charge in [-0.1, -0.05) is 62.4 Å². The van der Waals surface area contributed by atoms with Crippen molar-refractivity contribution in [2.45, 2.75) is 101 Å². The van der Waals surface area contributed by atoms with Crippen LogP contribution in [0.5, 0.6) is 0 Å². The number of imide groups is 1. The Balaban J connectivity index is 0.882. The highest BCUT2D eigenvalue weighted by atomic mass is 35.5. The number of hydrogen-bond acceptors (Lipinski definition) is 9. The van der Waals surface area contributed by atoms with Crippen LogP contribution < -0.4 is 21.3 Å². The molecule has 2 aromatic heterocycles. The van der Waals surface area contributed by atoms with Gasteiger partial charge in [0, 0.05) is 90.4 Å². The predicted octanol–water partition coefficient (Wildman–Crippen LogP) is 7.69. The number of likely N-dealkylation sites (tertiary alicyclic amines) is 1.